The maximum atomic E-state index is 11.5. The standard InChI is InChI=1S/C13H19N3O3/c1-13(2,3)19-12(18)7-6-11(17)14-9-10-5-4-8-15-16-10/h4-5,8H,6-7,9H2,1-3H3,(H,14,17). The lowest BCUT2D eigenvalue weighted by molar-refractivity contribution is -0.155. The van der Waals surface area contributed by atoms with Gasteiger partial charge in [-0.3, -0.25) is 9.59 Å². The van der Waals surface area contributed by atoms with Crippen molar-refractivity contribution in [1.82, 2.24) is 15.5 Å². The number of hydrogen-bond acceptors (Lipinski definition) is 5. The van der Waals surface area contributed by atoms with Crippen molar-refractivity contribution >= 4 is 11.9 Å². The van der Waals surface area contributed by atoms with E-state index in [4.69, 9.17) is 4.74 Å². The van der Waals surface area contributed by atoms with Crippen molar-refractivity contribution in [2.45, 2.75) is 45.8 Å². The molecule has 0 saturated carbocycles. The molecule has 1 rings (SSSR count). The normalized spacial score (nSPS) is 10.9. The molecule has 0 unspecified atom stereocenters. The molecule has 1 heterocycles. The largest absolute Gasteiger partial charge is 0.460 e. The average Bonchev–Trinajstić information content (AvgIpc) is 2.33. The van der Waals surface area contributed by atoms with E-state index in [1.807, 2.05) is 0 Å². The van der Waals surface area contributed by atoms with Crippen molar-refractivity contribution < 1.29 is 14.3 Å². The summed E-state index contributed by atoms with van der Waals surface area (Å²) < 4.78 is 5.11. The first-order valence-electron chi connectivity index (χ1n) is 6.12. The molecule has 6 heteroatoms. The lowest BCUT2D eigenvalue weighted by atomic mass is 10.2. The first kappa shape index (κ1) is 15.1. The van der Waals surface area contributed by atoms with Gasteiger partial charge >= 0.3 is 5.97 Å². The highest BCUT2D eigenvalue weighted by Crippen LogP contribution is 2.09. The van der Waals surface area contributed by atoms with E-state index in [0.717, 1.165) is 0 Å². The summed E-state index contributed by atoms with van der Waals surface area (Å²) in [6, 6.07) is 3.51. The van der Waals surface area contributed by atoms with Crippen molar-refractivity contribution in [3.8, 4) is 0 Å². The fourth-order valence-electron chi connectivity index (χ4n) is 1.31. The molecule has 0 spiro atoms. The van der Waals surface area contributed by atoms with Crippen LogP contribution in [0.15, 0.2) is 18.3 Å². The van der Waals surface area contributed by atoms with E-state index in [1.165, 1.54) is 0 Å². The molecule has 104 valence electrons. The second-order valence-corrected chi connectivity index (χ2v) is 5.08. The zero-order valence-electron chi connectivity index (χ0n) is 11.5. The summed E-state index contributed by atoms with van der Waals surface area (Å²) in [4.78, 5) is 22.9. The van der Waals surface area contributed by atoms with Gasteiger partial charge in [0.15, 0.2) is 0 Å². The Kier molecular flexibility index (Phi) is 5.41. The fraction of sp³-hybridized carbons (Fsp3) is 0.538. The Labute approximate surface area is 112 Å². The average molecular weight is 265 g/mol. The van der Waals surface area contributed by atoms with Gasteiger partial charge in [-0.15, -0.1) is 0 Å². The highest BCUT2D eigenvalue weighted by Gasteiger charge is 2.16. The lowest BCUT2D eigenvalue weighted by Crippen LogP contribution is -2.27. The quantitative estimate of drug-likeness (QED) is 0.809. The molecule has 0 radical (unpaired) electrons. The van der Waals surface area contributed by atoms with Crippen LogP contribution in [0.2, 0.25) is 0 Å². The summed E-state index contributed by atoms with van der Waals surface area (Å²) in [7, 11) is 0. The fourth-order valence-corrected chi connectivity index (χ4v) is 1.31. The molecule has 19 heavy (non-hydrogen) atoms. The van der Waals surface area contributed by atoms with Crippen molar-refractivity contribution in [2.75, 3.05) is 0 Å². The van der Waals surface area contributed by atoms with E-state index in [2.05, 4.69) is 15.5 Å². The molecule has 0 aliphatic carbocycles. The zero-order valence-corrected chi connectivity index (χ0v) is 11.5. The molecule has 0 aliphatic rings. The molecule has 0 bridgehead atoms. The Balaban J connectivity index is 2.23. The van der Waals surface area contributed by atoms with Gasteiger partial charge in [-0.1, -0.05) is 0 Å². The van der Waals surface area contributed by atoms with E-state index >= 15 is 0 Å². The highest BCUT2D eigenvalue weighted by molar-refractivity contribution is 5.81. The Bertz CT molecular complexity index is 427. The van der Waals surface area contributed by atoms with Crippen LogP contribution in [-0.2, 0) is 20.9 Å². The van der Waals surface area contributed by atoms with Gasteiger partial charge in [-0.2, -0.15) is 10.2 Å². The summed E-state index contributed by atoms with van der Waals surface area (Å²) >= 11 is 0. The van der Waals surface area contributed by atoms with Crippen molar-refractivity contribution in [2.24, 2.45) is 0 Å². The van der Waals surface area contributed by atoms with Gasteiger partial charge in [0.25, 0.3) is 0 Å². The molecule has 0 atom stereocenters. The van der Waals surface area contributed by atoms with Gasteiger partial charge in [-0.25, -0.2) is 0 Å². The monoisotopic (exact) mass is 265 g/mol. The first-order chi connectivity index (χ1) is 8.87. The molecule has 1 N–H and O–H groups in total. The van der Waals surface area contributed by atoms with E-state index in [1.54, 1.807) is 39.1 Å². The van der Waals surface area contributed by atoms with Crippen LogP contribution in [-0.4, -0.2) is 27.7 Å². The minimum absolute atomic E-state index is 0.0730. The van der Waals surface area contributed by atoms with Crippen LogP contribution in [0.3, 0.4) is 0 Å². The third kappa shape index (κ3) is 7.13. The Morgan fingerprint density at radius 3 is 2.63 bits per heavy atom. The Morgan fingerprint density at radius 1 is 1.32 bits per heavy atom. The molecule has 1 aromatic heterocycles. The molecular weight excluding hydrogens is 246 g/mol. The maximum absolute atomic E-state index is 11.5. The van der Waals surface area contributed by atoms with Gasteiger partial charge in [0.05, 0.1) is 18.7 Å². The molecular formula is C13H19N3O3. The lowest BCUT2D eigenvalue weighted by Gasteiger charge is -2.19. The van der Waals surface area contributed by atoms with Crippen LogP contribution < -0.4 is 5.32 Å². The van der Waals surface area contributed by atoms with Crippen molar-refractivity contribution in [1.29, 1.82) is 0 Å². The van der Waals surface area contributed by atoms with Gasteiger partial charge in [-0.05, 0) is 32.9 Å². The minimum atomic E-state index is -0.521. The molecule has 0 aliphatic heterocycles. The first-order valence-corrected chi connectivity index (χ1v) is 6.12. The van der Waals surface area contributed by atoms with Crippen LogP contribution in [0, 0.1) is 0 Å². The van der Waals surface area contributed by atoms with Crippen LogP contribution in [0.4, 0.5) is 0 Å². The number of ether oxygens (including phenoxy) is 1. The molecule has 0 aromatic carbocycles. The highest BCUT2D eigenvalue weighted by atomic mass is 16.6. The SMILES string of the molecule is CC(C)(C)OC(=O)CCC(=O)NCc1cccnn1. The van der Waals surface area contributed by atoms with Gasteiger partial charge in [0, 0.05) is 12.6 Å². The topological polar surface area (TPSA) is 81.2 Å². The maximum Gasteiger partial charge on any atom is 0.306 e. The number of nitrogens with one attached hydrogen (secondary N) is 1. The number of amides is 1. The van der Waals surface area contributed by atoms with Crippen molar-refractivity contribution in [3.63, 3.8) is 0 Å². The summed E-state index contributed by atoms with van der Waals surface area (Å²) in [5.74, 6) is -0.585. The number of esters is 1. The van der Waals surface area contributed by atoms with Crippen LogP contribution in [0.25, 0.3) is 0 Å². The predicted octanol–water partition coefficient (Wildman–Crippen LogP) is 1.21. The van der Waals surface area contributed by atoms with Gasteiger partial charge in [0.2, 0.25) is 5.91 Å². The second kappa shape index (κ2) is 6.82. The van der Waals surface area contributed by atoms with Crippen LogP contribution >= 0.6 is 0 Å². The Hall–Kier alpha value is -1.98. The van der Waals surface area contributed by atoms with Crippen LogP contribution in [0.5, 0.6) is 0 Å². The number of hydrogen-bond donors (Lipinski definition) is 1. The van der Waals surface area contributed by atoms with E-state index in [0.29, 0.717) is 12.2 Å². The molecule has 0 saturated heterocycles. The van der Waals surface area contributed by atoms with Crippen LogP contribution in [0.1, 0.15) is 39.3 Å². The number of rotatable bonds is 5. The number of aromatic nitrogens is 2. The van der Waals surface area contributed by atoms with Gasteiger partial charge in [0.1, 0.15) is 5.60 Å². The number of nitrogens with zero attached hydrogens (tertiary/aromatic N) is 2. The number of carbonyl (C=O) groups is 2. The number of carbonyl (C=O) groups excluding carboxylic acids is 2. The smallest absolute Gasteiger partial charge is 0.306 e. The van der Waals surface area contributed by atoms with Gasteiger partial charge < -0.3 is 10.1 Å². The Morgan fingerprint density at radius 2 is 2.05 bits per heavy atom. The third-order valence-electron chi connectivity index (χ3n) is 2.07. The summed E-state index contributed by atoms with van der Waals surface area (Å²) in [5.41, 5.74) is 0.154. The summed E-state index contributed by atoms with van der Waals surface area (Å²) in [6.07, 6.45) is 1.74. The third-order valence-corrected chi connectivity index (χ3v) is 2.07. The summed E-state index contributed by atoms with van der Waals surface area (Å²) in [6.45, 7) is 5.68. The predicted molar refractivity (Wildman–Crippen MR) is 69.0 cm³/mol. The van der Waals surface area contributed by atoms with Crippen molar-refractivity contribution in [3.05, 3.63) is 24.0 Å². The molecule has 1 amide bonds. The second-order valence-electron chi connectivity index (χ2n) is 5.08. The zero-order chi connectivity index (χ0) is 14.3. The summed E-state index contributed by atoms with van der Waals surface area (Å²) in [5, 5.41) is 10.2. The minimum Gasteiger partial charge on any atom is -0.460 e. The van der Waals surface area contributed by atoms with E-state index in [-0.39, 0.29) is 24.7 Å². The molecule has 6 nitrogen and oxygen atoms in total. The molecule has 1 aromatic rings. The van der Waals surface area contributed by atoms with E-state index in [9.17, 15) is 9.59 Å². The van der Waals surface area contributed by atoms with E-state index < -0.39 is 5.60 Å². The molecule has 0 fully saturated rings.